The predicted molar refractivity (Wildman–Crippen MR) is 112 cm³/mol. The fourth-order valence-corrected chi connectivity index (χ4v) is 3.59. The van der Waals surface area contributed by atoms with Crippen molar-refractivity contribution in [3.8, 4) is 5.75 Å². The number of hydrogen-bond acceptors (Lipinski definition) is 6. The lowest BCUT2D eigenvalue weighted by Gasteiger charge is -2.22. The zero-order valence-electron chi connectivity index (χ0n) is 15.2. The first-order valence-corrected chi connectivity index (χ1v) is 9.83. The standard InChI is InChI=1S/C18H16Br2FN3O5/c1-3-5-29-13-7-11(6-12(21)8-13)10-23(18(25)28-4-2)14-9-15(19)22-17(20)16(14)24(26)27/h3,6-9H,1,4-5,10H2,2H3. The number of amides is 1. The van der Waals surface area contributed by atoms with Gasteiger partial charge in [-0.05, 0) is 56.5 Å². The summed E-state index contributed by atoms with van der Waals surface area (Å²) in [5, 5.41) is 11.6. The number of ether oxygens (including phenoxy) is 2. The van der Waals surface area contributed by atoms with E-state index >= 15 is 0 Å². The van der Waals surface area contributed by atoms with Crippen LogP contribution in [0.3, 0.4) is 0 Å². The van der Waals surface area contributed by atoms with Gasteiger partial charge < -0.3 is 9.47 Å². The molecular formula is C18H16Br2FN3O5. The van der Waals surface area contributed by atoms with Crippen LogP contribution in [-0.2, 0) is 11.3 Å². The van der Waals surface area contributed by atoms with Crippen molar-refractivity contribution < 1.29 is 23.6 Å². The summed E-state index contributed by atoms with van der Waals surface area (Å²) in [5.41, 5.74) is -0.156. The number of pyridine rings is 1. The largest absolute Gasteiger partial charge is 0.489 e. The SMILES string of the molecule is C=CCOc1cc(F)cc(CN(C(=O)OCC)c2cc(Br)nc(Br)c2[N+](=O)[O-])c1. The topological polar surface area (TPSA) is 94.8 Å². The molecule has 29 heavy (non-hydrogen) atoms. The van der Waals surface area contributed by atoms with Gasteiger partial charge in [0.1, 0.15) is 28.5 Å². The Morgan fingerprint density at radius 3 is 2.72 bits per heavy atom. The van der Waals surface area contributed by atoms with Crippen molar-refractivity contribution in [1.29, 1.82) is 0 Å². The predicted octanol–water partition coefficient (Wildman–Crippen LogP) is 5.38. The van der Waals surface area contributed by atoms with Crippen molar-refractivity contribution in [3.05, 3.63) is 67.6 Å². The molecule has 8 nitrogen and oxygen atoms in total. The number of nitrogens with zero attached hydrogens (tertiary/aromatic N) is 3. The van der Waals surface area contributed by atoms with Crippen LogP contribution in [0.5, 0.6) is 5.75 Å². The number of nitro groups is 1. The highest BCUT2D eigenvalue weighted by Gasteiger charge is 2.30. The van der Waals surface area contributed by atoms with Crippen LogP contribution in [0.15, 0.2) is 46.1 Å². The minimum atomic E-state index is -0.835. The maximum absolute atomic E-state index is 14.0. The lowest BCUT2D eigenvalue weighted by Crippen LogP contribution is -2.32. The molecule has 0 radical (unpaired) electrons. The van der Waals surface area contributed by atoms with Gasteiger partial charge in [0, 0.05) is 12.1 Å². The first-order valence-electron chi connectivity index (χ1n) is 8.24. The van der Waals surface area contributed by atoms with Crippen molar-refractivity contribution in [3.63, 3.8) is 0 Å². The van der Waals surface area contributed by atoms with Crippen LogP contribution < -0.4 is 9.64 Å². The van der Waals surface area contributed by atoms with Gasteiger partial charge in [0.25, 0.3) is 0 Å². The van der Waals surface area contributed by atoms with E-state index in [1.54, 1.807) is 6.92 Å². The minimum absolute atomic E-state index is 0.0490. The van der Waals surface area contributed by atoms with Gasteiger partial charge in [0.15, 0.2) is 4.60 Å². The van der Waals surface area contributed by atoms with Gasteiger partial charge in [0.05, 0.1) is 18.1 Å². The molecule has 1 heterocycles. The molecule has 154 valence electrons. The Morgan fingerprint density at radius 1 is 1.38 bits per heavy atom. The molecule has 1 aromatic heterocycles. The molecule has 2 rings (SSSR count). The smallest absolute Gasteiger partial charge is 0.414 e. The van der Waals surface area contributed by atoms with E-state index in [-0.39, 0.29) is 40.4 Å². The highest BCUT2D eigenvalue weighted by atomic mass is 79.9. The normalized spacial score (nSPS) is 10.3. The molecule has 0 aliphatic rings. The highest BCUT2D eigenvalue weighted by Crippen LogP contribution is 2.37. The number of benzene rings is 1. The fraction of sp³-hybridized carbons (Fsp3) is 0.222. The third-order valence-electron chi connectivity index (χ3n) is 3.50. The van der Waals surface area contributed by atoms with Gasteiger partial charge in [-0.2, -0.15) is 0 Å². The highest BCUT2D eigenvalue weighted by molar-refractivity contribution is 9.11. The second kappa shape index (κ2) is 10.3. The molecule has 0 aliphatic carbocycles. The average Bonchev–Trinajstić information content (AvgIpc) is 2.63. The van der Waals surface area contributed by atoms with Crippen LogP contribution >= 0.6 is 31.9 Å². The van der Waals surface area contributed by atoms with Crippen LogP contribution in [0.25, 0.3) is 0 Å². The Labute approximate surface area is 182 Å². The average molecular weight is 533 g/mol. The first kappa shape index (κ1) is 22.8. The monoisotopic (exact) mass is 531 g/mol. The van der Waals surface area contributed by atoms with Gasteiger partial charge in [-0.1, -0.05) is 12.7 Å². The second-order valence-corrected chi connectivity index (χ2v) is 7.10. The Morgan fingerprint density at radius 2 is 2.10 bits per heavy atom. The Hall–Kier alpha value is -2.53. The zero-order chi connectivity index (χ0) is 21.6. The molecule has 1 amide bonds. The molecule has 0 saturated carbocycles. The molecule has 0 spiro atoms. The van der Waals surface area contributed by atoms with Crippen molar-refractivity contribution in [2.45, 2.75) is 13.5 Å². The van der Waals surface area contributed by atoms with Crippen LogP contribution in [0.1, 0.15) is 12.5 Å². The van der Waals surface area contributed by atoms with Crippen molar-refractivity contribution in [2.75, 3.05) is 18.1 Å². The second-order valence-electron chi connectivity index (χ2n) is 5.54. The molecule has 0 bridgehead atoms. The van der Waals surface area contributed by atoms with E-state index in [1.165, 1.54) is 30.3 Å². The number of hydrogen-bond donors (Lipinski definition) is 0. The minimum Gasteiger partial charge on any atom is -0.489 e. The summed E-state index contributed by atoms with van der Waals surface area (Å²) in [6.07, 6.45) is 0.670. The van der Waals surface area contributed by atoms with Crippen molar-refractivity contribution in [1.82, 2.24) is 4.98 Å². The molecule has 2 aromatic rings. The number of rotatable bonds is 8. The molecule has 0 N–H and O–H groups in total. The Kier molecular flexibility index (Phi) is 8.09. The van der Waals surface area contributed by atoms with E-state index < -0.39 is 22.5 Å². The van der Waals surface area contributed by atoms with E-state index in [4.69, 9.17) is 9.47 Å². The van der Waals surface area contributed by atoms with Gasteiger partial charge in [-0.3, -0.25) is 15.0 Å². The summed E-state index contributed by atoms with van der Waals surface area (Å²) in [6, 6.07) is 5.22. The zero-order valence-corrected chi connectivity index (χ0v) is 18.4. The summed E-state index contributed by atoms with van der Waals surface area (Å²) in [7, 11) is 0. The van der Waals surface area contributed by atoms with Gasteiger partial charge in [-0.25, -0.2) is 14.2 Å². The molecule has 0 atom stereocenters. The fourth-order valence-electron chi connectivity index (χ4n) is 2.42. The van der Waals surface area contributed by atoms with Gasteiger partial charge in [-0.15, -0.1) is 0 Å². The van der Waals surface area contributed by atoms with E-state index in [0.29, 0.717) is 5.56 Å². The number of halogens is 3. The lowest BCUT2D eigenvalue weighted by atomic mass is 10.2. The molecule has 0 fully saturated rings. The number of carbonyl (C=O) groups excluding carboxylic acids is 1. The van der Waals surface area contributed by atoms with Gasteiger partial charge in [0.2, 0.25) is 0 Å². The quantitative estimate of drug-likeness (QED) is 0.196. The molecule has 0 saturated heterocycles. The van der Waals surface area contributed by atoms with E-state index in [9.17, 15) is 19.3 Å². The van der Waals surface area contributed by atoms with Crippen LogP contribution in [0.2, 0.25) is 0 Å². The molecule has 0 unspecified atom stereocenters. The van der Waals surface area contributed by atoms with E-state index in [1.807, 2.05) is 0 Å². The maximum Gasteiger partial charge on any atom is 0.414 e. The Balaban J connectivity index is 2.54. The third kappa shape index (κ3) is 5.97. The summed E-state index contributed by atoms with van der Waals surface area (Å²) in [6.45, 7) is 5.14. The van der Waals surface area contributed by atoms with Crippen molar-refractivity contribution in [2.24, 2.45) is 0 Å². The first-order chi connectivity index (χ1) is 13.8. The Bertz CT molecular complexity index is 942. The summed E-state index contributed by atoms with van der Waals surface area (Å²) < 4.78 is 24.6. The number of carbonyl (C=O) groups is 1. The van der Waals surface area contributed by atoms with Gasteiger partial charge >= 0.3 is 11.8 Å². The molecular weight excluding hydrogens is 517 g/mol. The summed E-state index contributed by atoms with van der Waals surface area (Å²) >= 11 is 6.20. The lowest BCUT2D eigenvalue weighted by molar-refractivity contribution is -0.385. The van der Waals surface area contributed by atoms with Crippen LogP contribution in [-0.4, -0.2) is 29.2 Å². The summed E-state index contributed by atoms with van der Waals surface area (Å²) in [4.78, 5) is 28.4. The van der Waals surface area contributed by atoms with E-state index in [0.717, 1.165) is 4.90 Å². The number of anilines is 1. The number of aromatic nitrogens is 1. The molecule has 1 aromatic carbocycles. The van der Waals surface area contributed by atoms with Crippen molar-refractivity contribution >= 4 is 49.3 Å². The third-order valence-corrected chi connectivity index (χ3v) is 4.46. The summed E-state index contributed by atoms with van der Waals surface area (Å²) in [5.74, 6) is -0.354. The molecule has 11 heteroatoms. The van der Waals surface area contributed by atoms with Crippen LogP contribution in [0.4, 0.5) is 20.6 Å². The van der Waals surface area contributed by atoms with E-state index in [2.05, 4.69) is 43.4 Å². The molecule has 0 aliphatic heterocycles. The maximum atomic E-state index is 14.0. The van der Waals surface area contributed by atoms with Crippen LogP contribution in [0, 0.1) is 15.9 Å².